The Morgan fingerprint density at radius 1 is 0.735 bits per heavy atom. The van der Waals surface area contributed by atoms with Gasteiger partial charge in [0, 0.05) is 35.1 Å². The van der Waals surface area contributed by atoms with Crippen LogP contribution in [0.15, 0.2) is 122 Å². The van der Waals surface area contributed by atoms with Crippen LogP contribution in [0.2, 0.25) is 0 Å². The zero-order chi connectivity index (χ0) is 23.0. The number of pyridine rings is 1. The summed E-state index contributed by atoms with van der Waals surface area (Å²) < 4.78 is 2.10. The molecule has 0 aliphatic heterocycles. The maximum atomic E-state index is 4.99. The Morgan fingerprint density at radius 2 is 1.29 bits per heavy atom. The summed E-state index contributed by atoms with van der Waals surface area (Å²) in [7, 11) is 2.07. The molecule has 4 nitrogen and oxygen atoms in total. The molecule has 162 valence electrons. The van der Waals surface area contributed by atoms with Gasteiger partial charge in [-0.3, -0.25) is 4.68 Å². The normalized spacial score (nSPS) is 11.6. The van der Waals surface area contributed by atoms with E-state index in [0.717, 1.165) is 44.3 Å². The molecule has 3 heterocycles. The second kappa shape index (κ2) is 8.20. The molecule has 0 amide bonds. The first-order chi connectivity index (χ1) is 16.8. The van der Waals surface area contributed by atoms with E-state index in [2.05, 4.69) is 126 Å². The van der Waals surface area contributed by atoms with Gasteiger partial charge in [0.2, 0.25) is 0 Å². The molecule has 0 spiro atoms. The Morgan fingerprint density at radius 3 is 1.85 bits per heavy atom. The molecular formula is C29H23BN4. The van der Waals surface area contributed by atoms with Crippen molar-refractivity contribution in [2.75, 3.05) is 0 Å². The lowest BCUT2D eigenvalue weighted by Gasteiger charge is -2.36. The minimum absolute atomic E-state index is 0.623. The molecule has 6 aromatic rings. The Balaban J connectivity index is 1.63. The van der Waals surface area contributed by atoms with Gasteiger partial charge in [-0.05, 0) is 16.7 Å². The molecule has 0 atom stereocenters. The highest BCUT2D eigenvalue weighted by Crippen LogP contribution is 2.41. The molecule has 5 heteroatoms. The van der Waals surface area contributed by atoms with E-state index in [-0.39, 0.29) is 0 Å². The molecule has 0 fully saturated rings. The maximum Gasteiger partial charge on any atom is 0.141 e. The number of aromatic amines is 1. The van der Waals surface area contributed by atoms with E-state index >= 15 is 0 Å². The topological polar surface area (TPSA) is 46.5 Å². The summed E-state index contributed by atoms with van der Waals surface area (Å²) in [5.74, 6) is 0. The molecule has 0 saturated heterocycles. The van der Waals surface area contributed by atoms with E-state index in [4.69, 9.17) is 5.10 Å². The Hall–Kier alpha value is -4.38. The first-order valence-electron chi connectivity index (χ1n) is 11.4. The van der Waals surface area contributed by atoms with E-state index < -0.39 is 5.54 Å². The van der Waals surface area contributed by atoms with Crippen molar-refractivity contribution in [1.82, 2.24) is 19.7 Å². The SMILES string of the molecule is Bc1cnc2[nH]cc(-c3cnn(C(c4ccccc4)(c4ccccc4)c4ccccc4)c3)c2c1. The summed E-state index contributed by atoms with van der Waals surface area (Å²) in [5, 5.41) is 6.09. The summed E-state index contributed by atoms with van der Waals surface area (Å²) in [5.41, 5.74) is 6.99. The van der Waals surface area contributed by atoms with Gasteiger partial charge in [-0.1, -0.05) is 103 Å². The van der Waals surface area contributed by atoms with Crippen molar-refractivity contribution in [3.05, 3.63) is 139 Å². The molecule has 1 N–H and O–H groups in total. The number of hydrogen-bond donors (Lipinski definition) is 1. The van der Waals surface area contributed by atoms with Crippen LogP contribution in [0.3, 0.4) is 0 Å². The van der Waals surface area contributed by atoms with Gasteiger partial charge < -0.3 is 4.98 Å². The molecule has 6 rings (SSSR count). The predicted molar refractivity (Wildman–Crippen MR) is 140 cm³/mol. The van der Waals surface area contributed by atoms with Crippen LogP contribution >= 0.6 is 0 Å². The van der Waals surface area contributed by atoms with Crippen LogP contribution in [0.25, 0.3) is 22.2 Å². The van der Waals surface area contributed by atoms with Crippen LogP contribution in [-0.4, -0.2) is 27.6 Å². The van der Waals surface area contributed by atoms with E-state index in [9.17, 15) is 0 Å². The van der Waals surface area contributed by atoms with Crippen LogP contribution in [0.1, 0.15) is 16.7 Å². The number of aromatic nitrogens is 4. The largest absolute Gasteiger partial charge is 0.346 e. The average molecular weight is 438 g/mol. The first kappa shape index (κ1) is 20.2. The Bertz CT molecular complexity index is 1460. The van der Waals surface area contributed by atoms with Gasteiger partial charge in [-0.2, -0.15) is 5.10 Å². The van der Waals surface area contributed by atoms with Crippen LogP contribution in [-0.2, 0) is 5.54 Å². The number of benzene rings is 3. The zero-order valence-corrected chi connectivity index (χ0v) is 18.9. The standard InChI is InChI=1S/C29H23BN4/c30-25-16-26-27(19-32-28(26)31-18-25)21-17-33-34(20-21)29(22-10-4-1-5-11-22,23-12-6-2-7-13-23)24-14-8-3-9-15-24/h1-20H,30H2,(H,31,32). The van der Waals surface area contributed by atoms with Crippen molar-refractivity contribution in [2.45, 2.75) is 5.54 Å². The number of rotatable bonds is 5. The highest BCUT2D eigenvalue weighted by molar-refractivity contribution is 6.33. The smallest absolute Gasteiger partial charge is 0.141 e. The molecule has 0 aliphatic carbocycles. The van der Waals surface area contributed by atoms with E-state index in [1.165, 1.54) is 0 Å². The van der Waals surface area contributed by atoms with Gasteiger partial charge in [0.1, 0.15) is 19.0 Å². The highest BCUT2D eigenvalue weighted by atomic mass is 15.3. The van der Waals surface area contributed by atoms with E-state index in [1.54, 1.807) is 0 Å². The minimum atomic E-state index is -0.623. The molecule has 34 heavy (non-hydrogen) atoms. The number of nitrogens with zero attached hydrogens (tertiary/aromatic N) is 3. The summed E-state index contributed by atoms with van der Waals surface area (Å²) in [4.78, 5) is 7.85. The van der Waals surface area contributed by atoms with Gasteiger partial charge >= 0.3 is 0 Å². The number of H-pyrrole nitrogens is 1. The van der Waals surface area contributed by atoms with Crippen LogP contribution < -0.4 is 5.46 Å². The second-order valence-corrected chi connectivity index (χ2v) is 8.59. The molecule has 0 bridgehead atoms. The van der Waals surface area contributed by atoms with Crippen molar-refractivity contribution < 1.29 is 0 Å². The summed E-state index contributed by atoms with van der Waals surface area (Å²) in [6, 6.07) is 34.0. The molecule has 3 aromatic heterocycles. The number of hydrogen-bond acceptors (Lipinski definition) is 2. The highest BCUT2D eigenvalue weighted by Gasteiger charge is 2.39. The van der Waals surface area contributed by atoms with Crippen molar-refractivity contribution in [3.63, 3.8) is 0 Å². The zero-order valence-electron chi connectivity index (χ0n) is 18.9. The van der Waals surface area contributed by atoms with E-state index in [0.29, 0.717) is 0 Å². The number of nitrogens with one attached hydrogen (secondary N) is 1. The third-order valence-corrected chi connectivity index (χ3v) is 6.48. The van der Waals surface area contributed by atoms with Gasteiger partial charge in [-0.25, -0.2) is 4.98 Å². The molecular weight excluding hydrogens is 415 g/mol. The summed E-state index contributed by atoms with van der Waals surface area (Å²) in [6.45, 7) is 0. The molecule has 0 saturated carbocycles. The third-order valence-electron chi connectivity index (χ3n) is 6.48. The predicted octanol–water partition coefficient (Wildman–Crippen LogP) is 4.53. The maximum absolute atomic E-state index is 4.99. The van der Waals surface area contributed by atoms with Crippen LogP contribution in [0, 0.1) is 0 Å². The Kier molecular flexibility index (Phi) is 4.88. The lowest BCUT2D eigenvalue weighted by atomic mass is 9.77. The third kappa shape index (κ3) is 3.17. The fourth-order valence-corrected chi connectivity index (χ4v) is 4.93. The first-order valence-corrected chi connectivity index (χ1v) is 11.4. The molecule has 0 aliphatic rings. The van der Waals surface area contributed by atoms with Crippen LogP contribution in [0.5, 0.6) is 0 Å². The lowest BCUT2D eigenvalue weighted by molar-refractivity contribution is 0.460. The monoisotopic (exact) mass is 438 g/mol. The summed E-state index contributed by atoms with van der Waals surface area (Å²) >= 11 is 0. The van der Waals surface area contributed by atoms with Gasteiger partial charge in [-0.15, -0.1) is 0 Å². The average Bonchev–Trinajstić information content (AvgIpc) is 3.54. The van der Waals surface area contributed by atoms with E-state index in [1.807, 2.05) is 18.6 Å². The Labute approximate surface area is 199 Å². The van der Waals surface area contributed by atoms with Crippen LogP contribution in [0.4, 0.5) is 0 Å². The van der Waals surface area contributed by atoms with Gasteiger partial charge in [0.05, 0.1) is 6.20 Å². The van der Waals surface area contributed by atoms with Crippen molar-refractivity contribution in [1.29, 1.82) is 0 Å². The number of fused-ring (bicyclic) bond motifs is 1. The lowest BCUT2D eigenvalue weighted by Crippen LogP contribution is -2.38. The minimum Gasteiger partial charge on any atom is -0.346 e. The van der Waals surface area contributed by atoms with Crippen molar-refractivity contribution in [2.24, 2.45) is 0 Å². The van der Waals surface area contributed by atoms with Gasteiger partial charge in [0.25, 0.3) is 0 Å². The van der Waals surface area contributed by atoms with Crippen molar-refractivity contribution in [3.8, 4) is 11.1 Å². The summed E-state index contributed by atoms with van der Waals surface area (Å²) in [6.07, 6.45) is 8.01. The molecule has 0 radical (unpaired) electrons. The molecule has 3 aromatic carbocycles. The van der Waals surface area contributed by atoms with Crippen molar-refractivity contribution >= 4 is 24.3 Å². The fourth-order valence-electron chi connectivity index (χ4n) is 4.93. The van der Waals surface area contributed by atoms with Gasteiger partial charge in [0.15, 0.2) is 0 Å². The second-order valence-electron chi connectivity index (χ2n) is 8.59. The quantitative estimate of drug-likeness (QED) is 0.318. The fraction of sp³-hybridized carbons (Fsp3) is 0.0345. The molecule has 0 unspecified atom stereocenters.